The van der Waals surface area contributed by atoms with Crippen molar-refractivity contribution in [2.75, 3.05) is 6.61 Å². The van der Waals surface area contributed by atoms with Crippen LogP contribution in [-0.4, -0.2) is 29.7 Å². The van der Waals surface area contributed by atoms with Gasteiger partial charge in [0.2, 0.25) is 0 Å². The van der Waals surface area contributed by atoms with Crippen molar-refractivity contribution in [3.8, 4) is 0 Å². The molecule has 0 bridgehead atoms. The van der Waals surface area contributed by atoms with Crippen LogP contribution in [0.2, 0.25) is 0 Å². The number of ether oxygens (including phenoxy) is 1. The molecule has 0 amide bonds. The van der Waals surface area contributed by atoms with Gasteiger partial charge in [0.1, 0.15) is 6.61 Å². The van der Waals surface area contributed by atoms with Crippen LogP contribution in [-0.2, 0) is 24.3 Å². The van der Waals surface area contributed by atoms with Crippen LogP contribution in [0.25, 0.3) is 0 Å². The summed E-state index contributed by atoms with van der Waals surface area (Å²) >= 11 is 0. The Kier molecular flexibility index (Phi) is 6.92. The van der Waals surface area contributed by atoms with Gasteiger partial charge in [-0.15, -0.1) is 0 Å². The monoisotopic (exact) mass is 278 g/mol. The Balaban J connectivity index is 4.52. The number of rotatable bonds is 7. The summed E-state index contributed by atoms with van der Waals surface area (Å²) < 4.78 is 5.53. The second kappa shape index (κ2) is 6.99. The van der Waals surface area contributed by atoms with Crippen molar-refractivity contribution < 1.29 is 24.3 Å². The van der Waals surface area contributed by atoms with E-state index in [4.69, 9.17) is 24.3 Å². The van der Waals surface area contributed by atoms with Crippen LogP contribution in [0, 0.1) is 0 Å². The van der Waals surface area contributed by atoms with Crippen LogP contribution in [0.4, 0.5) is 0 Å². The van der Waals surface area contributed by atoms with E-state index in [2.05, 4.69) is 0 Å². The van der Waals surface area contributed by atoms with Gasteiger partial charge in [-0.3, -0.25) is 0 Å². The van der Waals surface area contributed by atoms with Gasteiger partial charge >= 0.3 is 0 Å². The Morgan fingerprint density at radius 2 is 1.05 bits per heavy atom. The molecule has 5 heteroatoms. The zero-order chi connectivity index (χ0) is 15.3. The Morgan fingerprint density at radius 3 is 1.32 bits per heavy atom. The molecule has 0 aromatic rings. The highest BCUT2D eigenvalue weighted by atomic mass is 17.3. The molecule has 0 aliphatic heterocycles. The Bertz CT molecular complexity index is 232. The zero-order valence-corrected chi connectivity index (χ0v) is 13.8. The average Bonchev–Trinajstić information content (AvgIpc) is 2.19. The maximum atomic E-state index is 5.53. The molecule has 0 N–H and O–H groups in total. The minimum Gasteiger partial charge on any atom is -0.373 e. The van der Waals surface area contributed by atoms with E-state index in [1.165, 1.54) is 0 Å². The summed E-state index contributed by atoms with van der Waals surface area (Å²) in [6.45, 7) is 17.1. The largest absolute Gasteiger partial charge is 0.373 e. The van der Waals surface area contributed by atoms with Crippen LogP contribution in [0.1, 0.15) is 62.3 Å². The lowest BCUT2D eigenvalue weighted by molar-refractivity contribution is -0.541. The van der Waals surface area contributed by atoms with Crippen molar-refractivity contribution in [1.82, 2.24) is 0 Å². The van der Waals surface area contributed by atoms with E-state index >= 15 is 0 Å². The van der Waals surface area contributed by atoms with Gasteiger partial charge < -0.3 is 4.74 Å². The summed E-state index contributed by atoms with van der Waals surface area (Å²) in [6.07, 6.45) is 0.0656. The molecule has 0 aliphatic carbocycles. The SMILES string of the molecule is CC(C)OCC(C)(OOC(C)(C)C)OOC(C)(C)C. The normalized spacial score (nSPS) is 14.2. The second-order valence-electron chi connectivity index (χ2n) is 7.05. The van der Waals surface area contributed by atoms with Crippen LogP contribution in [0.3, 0.4) is 0 Å². The van der Waals surface area contributed by atoms with Gasteiger partial charge in [-0.05, 0) is 62.3 Å². The van der Waals surface area contributed by atoms with E-state index in [1.54, 1.807) is 6.92 Å². The van der Waals surface area contributed by atoms with Crippen LogP contribution < -0.4 is 0 Å². The Morgan fingerprint density at radius 1 is 0.684 bits per heavy atom. The highest BCUT2D eigenvalue weighted by Crippen LogP contribution is 2.22. The molecule has 0 radical (unpaired) electrons. The van der Waals surface area contributed by atoms with E-state index in [0.29, 0.717) is 0 Å². The van der Waals surface area contributed by atoms with Crippen LogP contribution in [0.15, 0.2) is 0 Å². The molecule has 0 heterocycles. The lowest BCUT2D eigenvalue weighted by Gasteiger charge is -2.32. The molecule has 0 saturated heterocycles. The van der Waals surface area contributed by atoms with Gasteiger partial charge in [0.25, 0.3) is 5.79 Å². The third kappa shape index (κ3) is 11.3. The fourth-order valence-corrected chi connectivity index (χ4v) is 0.806. The standard InChI is InChI=1S/C14H30O5/c1-11(2)15-10-14(9,18-16-12(3,4)5)19-17-13(6,7)8/h11H,10H2,1-9H3. The summed E-state index contributed by atoms with van der Waals surface area (Å²) in [7, 11) is 0. The Hall–Kier alpha value is -0.200. The van der Waals surface area contributed by atoms with Crippen LogP contribution >= 0.6 is 0 Å². The van der Waals surface area contributed by atoms with Gasteiger partial charge in [-0.1, -0.05) is 0 Å². The van der Waals surface area contributed by atoms with Gasteiger partial charge in [0, 0.05) is 0 Å². The van der Waals surface area contributed by atoms with Gasteiger partial charge in [0.15, 0.2) is 0 Å². The molecule has 116 valence electrons. The first-order valence-electron chi connectivity index (χ1n) is 6.68. The van der Waals surface area contributed by atoms with E-state index < -0.39 is 17.0 Å². The maximum absolute atomic E-state index is 5.53. The van der Waals surface area contributed by atoms with E-state index in [0.717, 1.165) is 0 Å². The van der Waals surface area contributed by atoms with Gasteiger partial charge in [-0.25, -0.2) is 9.78 Å². The molecule has 0 aromatic carbocycles. The van der Waals surface area contributed by atoms with Crippen molar-refractivity contribution in [3.63, 3.8) is 0 Å². The number of hydrogen-bond donors (Lipinski definition) is 0. The highest BCUT2D eigenvalue weighted by molar-refractivity contribution is 4.62. The molecule has 0 unspecified atom stereocenters. The summed E-state index contributed by atoms with van der Waals surface area (Å²) in [6, 6.07) is 0. The fraction of sp³-hybridized carbons (Fsp3) is 1.00. The molecule has 0 spiro atoms. The molecule has 0 rings (SSSR count). The highest BCUT2D eigenvalue weighted by Gasteiger charge is 2.34. The molecule has 0 aromatic heterocycles. The van der Waals surface area contributed by atoms with Gasteiger partial charge in [-0.2, -0.15) is 9.78 Å². The smallest absolute Gasteiger partial charge is 0.254 e. The predicted octanol–water partition coefficient (Wildman–Crippen LogP) is 3.62. The molecular weight excluding hydrogens is 248 g/mol. The molecule has 0 saturated carbocycles. The third-order valence-electron chi connectivity index (χ3n) is 1.61. The minimum absolute atomic E-state index is 0.0656. The second-order valence-corrected chi connectivity index (χ2v) is 7.05. The zero-order valence-electron chi connectivity index (χ0n) is 13.8. The molecule has 0 aliphatic rings. The van der Waals surface area contributed by atoms with E-state index in [1.807, 2.05) is 55.4 Å². The first-order chi connectivity index (χ1) is 8.33. The molecular formula is C14H30O5. The van der Waals surface area contributed by atoms with Crippen molar-refractivity contribution >= 4 is 0 Å². The van der Waals surface area contributed by atoms with Crippen molar-refractivity contribution in [1.29, 1.82) is 0 Å². The summed E-state index contributed by atoms with van der Waals surface area (Å²) in [5.41, 5.74) is -0.881. The van der Waals surface area contributed by atoms with Crippen molar-refractivity contribution in [2.24, 2.45) is 0 Å². The van der Waals surface area contributed by atoms with Crippen molar-refractivity contribution in [2.45, 2.75) is 85.4 Å². The fourth-order valence-electron chi connectivity index (χ4n) is 0.806. The quantitative estimate of drug-likeness (QED) is 0.404. The van der Waals surface area contributed by atoms with Crippen LogP contribution in [0.5, 0.6) is 0 Å². The summed E-state index contributed by atoms with van der Waals surface area (Å²) in [5, 5.41) is 0. The number of hydrogen-bond acceptors (Lipinski definition) is 5. The maximum Gasteiger partial charge on any atom is 0.254 e. The lowest BCUT2D eigenvalue weighted by atomic mass is 10.2. The molecule has 5 nitrogen and oxygen atoms in total. The van der Waals surface area contributed by atoms with E-state index in [-0.39, 0.29) is 12.7 Å². The first kappa shape index (κ1) is 18.8. The lowest BCUT2D eigenvalue weighted by Crippen LogP contribution is -2.42. The molecule has 0 fully saturated rings. The predicted molar refractivity (Wildman–Crippen MR) is 73.3 cm³/mol. The van der Waals surface area contributed by atoms with E-state index in [9.17, 15) is 0 Å². The van der Waals surface area contributed by atoms with Crippen molar-refractivity contribution in [3.05, 3.63) is 0 Å². The first-order valence-corrected chi connectivity index (χ1v) is 6.68. The summed E-state index contributed by atoms with van der Waals surface area (Å²) in [4.78, 5) is 21.3. The third-order valence-corrected chi connectivity index (χ3v) is 1.61. The minimum atomic E-state index is -1.12. The molecule has 0 atom stereocenters. The topological polar surface area (TPSA) is 46.2 Å². The summed E-state index contributed by atoms with van der Waals surface area (Å²) in [5.74, 6) is -1.12. The van der Waals surface area contributed by atoms with Gasteiger partial charge in [0.05, 0.1) is 17.3 Å². The molecule has 19 heavy (non-hydrogen) atoms. The Labute approximate surface area is 117 Å². The average molecular weight is 278 g/mol.